The number of aryl methyl sites for hydroxylation is 1. The number of hydrogen-bond donors (Lipinski definition) is 1. The molecule has 102 valence electrons. The minimum absolute atomic E-state index is 0.0389. The van der Waals surface area contributed by atoms with E-state index >= 15 is 0 Å². The van der Waals surface area contributed by atoms with E-state index in [1.807, 2.05) is 9.58 Å². The lowest BCUT2D eigenvalue weighted by Gasteiger charge is -2.21. The van der Waals surface area contributed by atoms with Crippen LogP contribution in [0, 0.1) is 5.92 Å². The van der Waals surface area contributed by atoms with Gasteiger partial charge in [0.1, 0.15) is 12.2 Å². The molecule has 6 nitrogen and oxygen atoms in total. The van der Waals surface area contributed by atoms with Crippen LogP contribution in [0.1, 0.15) is 33.0 Å². The summed E-state index contributed by atoms with van der Waals surface area (Å²) in [7, 11) is 0. The molecule has 0 aliphatic carbocycles. The summed E-state index contributed by atoms with van der Waals surface area (Å²) in [6.45, 7) is 8.36. The maximum atomic E-state index is 10.8. The van der Waals surface area contributed by atoms with Crippen LogP contribution >= 0.6 is 0 Å². The fraction of sp³-hybridized carbons (Fsp3) is 0.750. The lowest BCUT2D eigenvalue weighted by molar-refractivity contribution is -0.138. The molecular weight excluding hydrogens is 232 g/mol. The molecule has 0 unspecified atom stereocenters. The molecule has 1 N–H and O–H groups in total. The van der Waals surface area contributed by atoms with Crippen molar-refractivity contribution in [2.75, 3.05) is 13.1 Å². The Bertz CT molecular complexity index is 376. The van der Waals surface area contributed by atoms with Gasteiger partial charge in [-0.3, -0.25) is 9.69 Å². The highest BCUT2D eigenvalue weighted by molar-refractivity contribution is 5.69. The molecule has 1 aromatic rings. The SMILES string of the molecule is CCCn1ncnc1CN(CC(=O)O)CC(C)C. The highest BCUT2D eigenvalue weighted by atomic mass is 16.4. The van der Waals surface area contributed by atoms with Crippen LogP contribution in [0.25, 0.3) is 0 Å². The zero-order valence-corrected chi connectivity index (χ0v) is 11.3. The quantitative estimate of drug-likeness (QED) is 0.755. The summed E-state index contributed by atoms with van der Waals surface area (Å²) < 4.78 is 1.84. The van der Waals surface area contributed by atoms with Gasteiger partial charge < -0.3 is 5.11 Å². The number of carboxylic acid groups (broad SMARTS) is 1. The van der Waals surface area contributed by atoms with Crippen LogP contribution in [0.2, 0.25) is 0 Å². The highest BCUT2D eigenvalue weighted by Gasteiger charge is 2.15. The molecule has 0 spiro atoms. The van der Waals surface area contributed by atoms with Crippen LogP contribution < -0.4 is 0 Å². The van der Waals surface area contributed by atoms with Crippen molar-refractivity contribution in [3.63, 3.8) is 0 Å². The van der Waals surface area contributed by atoms with Crippen molar-refractivity contribution in [2.24, 2.45) is 5.92 Å². The third-order valence-electron chi connectivity index (χ3n) is 2.48. The van der Waals surface area contributed by atoms with E-state index in [0.717, 1.165) is 25.3 Å². The van der Waals surface area contributed by atoms with Crippen LogP contribution in [0.15, 0.2) is 6.33 Å². The molecule has 0 radical (unpaired) electrons. The number of carbonyl (C=O) groups is 1. The van der Waals surface area contributed by atoms with E-state index in [1.54, 1.807) is 0 Å². The average Bonchev–Trinajstić information content (AvgIpc) is 2.64. The second kappa shape index (κ2) is 7.10. The van der Waals surface area contributed by atoms with Crippen LogP contribution in [0.3, 0.4) is 0 Å². The monoisotopic (exact) mass is 254 g/mol. The number of nitrogens with zero attached hydrogens (tertiary/aromatic N) is 4. The van der Waals surface area contributed by atoms with Gasteiger partial charge in [-0.2, -0.15) is 5.10 Å². The lowest BCUT2D eigenvalue weighted by Crippen LogP contribution is -2.33. The summed E-state index contributed by atoms with van der Waals surface area (Å²) in [5, 5.41) is 13.1. The predicted molar refractivity (Wildman–Crippen MR) is 68.1 cm³/mol. The summed E-state index contributed by atoms with van der Waals surface area (Å²) >= 11 is 0. The number of aliphatic carboxylic acids is 1. The van der Waals surface area contributed by atoms with Crippen LogP contribution in [-0.2, 0) is 17.9 Å². The molecule has 0 saturated heterocycles. The molecule has 18 heavy (non-hydrogen) atoms. The number of hydrogen-bond acceptors (Lipinski definition) is 4. The van der Waals surface area contributed by atoms with Crippen molar-refractivity contribution in [3.8, 4) is 0 Å². The summed E-state index contributed by atoms with van der Waals surface area (Å²) in [4.78, 5) is 16.9. The van der Waals surface area contributed by atoms with Gasteiger partial charge in [0.15, 0.2) is 0 Å². The van der Waals surface area contributed by atoms with Gasteiger partial charge in [-0.1, -0.05) is 20.8 Å². The molecule has 0 aliphatic heterocycles. The van der Waals surface area contributed by atoms with Crippen LogP contribution in [-0.4, -0.2) is 43.8 Å². The molecule has 0 aliphatic rings. The first-order chi connectivity index (χ1) is 8.52. The van der Waals surface area contributed by atoms with Crippen molar-refractivity contribution in [1.29, 1.82) is 0 Å². The largest absolute Gasteiger partial charge is 0.480 e. The lowest BCUT2D eigenvalue weighted by atomic mass is 10.2. The summed E-state index contributed by atoms with van der Waals surface area (Å²) in [5.74, 6) is 0.447. The summed E-state index contributed by atoms with van der Waals surface area (Å²) in [5.41, 5.74) is 0. The van der Waals surface area contributed by atoms with E-state index in [4.69, 9.17) is 5.11 Å². The third kappa shape index (κ3) is 4.83. The molecule has 0 atom stereocenters. The Labute approximate surface area is 108 Å². The minimum Gasteiger partial charge on any atom is -0.480 e. The van der Waals surface area contributed by atoms with Gasteiger partial charge in [-0.05, 0) is 12.3 Å². The smallest absolute Gasteiger partial charge is 0.317 e. The Hall–Kier alpha value is -1.43. The van der Waals surface area contributed by atoms with Gasteiger partial charge in [-0.15, -0.1) is 0 Å². The van der Waals surface area contributed by atoms with E-state index in [1.165, 1.54) is 6.33 Å². The molecule has 1 rings (SSSR count). The van der Waals surface area contributed by atoms with Gasteiger partial charge in [0.2, 0.25) is 0 Å². The van der Waals surface area contributed by atoms with Gasteiger partial charge in [0, 0.05) is 13.1 Å². The summed E-state index contributed by atoms with van der Waals surface area (Å²) in [6.07, 6.45) is 2.51. The first kappa shape index (κ1) is 14.6. The van der Waals surface area contributed by atoms with Crippen molar-refractivity contribution < 1.29 is 9.90 Å². The van der Waals surface area contributed by atoms with Crippen molar-refractivity contribution in [2.45, 2.75) is 40.3 Å². The fourth-order valence-electron chi connectivity index (χ4n) is 1.90. The van der Waals surface area contributed by atoms with Gasteiger partial charge >= 0.3 is 5.97 Å². The second-order valence-corrected chi connectivity index (χ2v) is 4.86. The normalized spacial score (nSPS) is 11.4. The van der Waals surface area contributed by atoms with Crippen LogP contribution in [0.5, 0.6) is 0 Å². The van der Waals surface area contributed by atoms with Crippen molar-refractivity contribution in [1.82, 2.24) is 19.7 Å². The molecule has 6 heteroatoms. The fourth-order valence-corrected chi connectivity index (χ4v) is 1.90. The van der Waals surface area contributed by atoms with E-state index < -0.39 is 5.97 Å². The topological polar surface area (TPSA) is 71.2 Å². The van der Waals surface area contributed by atoms with Gasteiger partial charge in [-0.25, -0.2) is 9.67 Å². The Morgan fingerprint density at radius 3 is 2.83 bits per heavy atom. The third-order valence-corrected chi connectivity index (χ3v) is 2.48. The summed E-state index contributed by atoms with van der Waals surface area (Å²) in [6, 6.07) is 0. The zero-order chi connectivity index (χ0) is 13.5. The zero-order valence-electron chi connectivity index (χ0n) is 11.3. The molecule has 1 heterocycles. The van der Waals surface area contributed by atoms with E-state index in [-0.39, 0.29) is 6.54 Å². The van der Waals surface area contributed by atoms with Crippen molar-refractivity contribution >= 4 is 5.97 Å². The average molecular weight is 254 g/mol. The highest BCUT2D eigenvalue weighted by Crippen LogP contribution is 2.05. The molecule has 0 aromatic carbocycles. The molecule has 0 saturated carbocycles. The first-order valence-electron chi connectivity index (χ1n) is 6.33. The Morgan fingerprint density at radius 2 is 2.28 bits per heavy atom. The van der Waals surface area contributed by atoms with Crippen molar-refractivity contribution in [3.05, 3.63) is 12.2 Å². The maximum Gasteiger partial charge on any atom is 0.317 e. The molecular formula is C12H22N4O2. The predicted octanol–water partition coefficient (Wildman–Crippen LogP) is 1.23. The van der Waals surface area contributed by atoms with E-state index in [9.17, 15) is 4.79 Å². The van der Waals surface area contributed by atoms with E-state index in [2.05, 4.69) is 30.9 Å². The molecule has 0 bridgehead atoms. The standard InChI is InChI=1S/C12H22N4O2/c1-4-5-16-11(13-9-14-16)7-15(6-10(2)3)8-12(17)18/h9-10H,4-8H2,1-3H3,(H,17,18). The number of rotatable bonds is 8. The number of carboxylic acids is 1. The minimum atomic E-state index is -0.808. The van der Waals surface area contributed by atoms with Crippen LogP contribution in [0.4, 0.5) is 0 Å². The first-order valence-corrected chi connectivity index (χ1v) is 6.33. The van der Waals surface area contributed by atoms with E-state index in [0.29, 0.717) is 12.5 Å². The van der Waals surface area contributed by atoms with Gasteiger partial charge in [0.05, 0.1) is 13.1 Å². The molecule has 0 amide bonds. The molecule has 0 fully saturated rings. The second-order valence-electron chi connectivity index (χ2n) is 4.86. The maximum absolute atomic E-state index is 10.8. The Morgan fingerprint density at radius 1 is 1.56 bits per heavy atom. The Balaban J connectivity index is 2.68. The Kier molecular flexibility index (Phi) is 5.77. The molecule has 1 aromatic heterocycles. The number of aromatic nitrogens is 3. The van der Waals surface area contributed by atoms with Gasteiger partial charge in [0.25, 0.3) is 0 Å².